The normalized spacial score (nSPS) is 20.0. The number of amides is 2. The summed E-state index contributed by atoms with van der Waals surface area (Å²) in [4.78, 5) is 36.6. The van der Waals surface area contributed by atoms with Gasteiger partial charge in [-0.3, -0.25) is 9.59 Å². The van der Waals surface area contributed by atoms with Crippen molar-refractivity contribution in [1.82, 2.24) is 10.6 Å². The van der Waals surface area contributed by atoms with E-state index in [1.54, 1.807) is 0 Å². The number of fused-ring (bicyclic) bond motifs is 3. The largest absolute Gasteiger partial charge is 0.481 e. The van der Waals surface area contributed by atoms with Crippen LogP contribution < -0.4 is 10.6 Å². The molecule has 0 heterocycles. The summed E-state index contributed by atoms with van der Waals surface area (Å²) in [7, 11) is 0. The first-order chi connectivity index (χ1) is 16.8. The third-order valence-corrected chi connectivity index (χ3v) is 7.24. The molecule has 0 spiro atoms. The number of hydrogen-bond acceptors (Lipinski definition) is 4. The molecule has 1 saturated carbocycles. The van der Waals surface area contributed by atoms with E-state index in [4.69, 9.17) is 9.84 Å². The van der Waals surface area contributed by atoms with Crippen molar-refractivity contribution >= 4 is 18.0 Å². The van der Waals surface area contributed by atoms with E-state index in [9.17, 15) is 14.4 Å². The van der Waals surface area contributed by atoms with Crippen LogP contribution in [0.25, 0.3) is 11.1 Å². The maximum atomic E-state index is 12.8. The first-order valence-electron chi connectivity index (χ1n) is 12.5. The summed E-state index contributed by atoms with van der Waals surface area (Å²) in [5.74, 6) is -1.29. The van der Waals surface area contributed by atoms with Crippen molar-refractivity contribution in [2.24, 2.45) is 11.8 Å². The lowest BCUT2D eigenvalue weighted by molar-refractivity contribution is -0.138. The number of aliphatic carboxylic acids is 1. The van der Waals surface area contributed by atoms with Gasteiger partial charge in [0.15, 0.2) is 0 Å². The summed E-state index contributed by atoms with van der Waals surface area (Å²) in [5.41, 5.74) is 4.69. The summed E-state index contributed by atoms with van der Waals surface area (Å²) in [6.45, 7) is 4.05. The van der Waals surface area contributed by atoms with Crippen molar-refractivity contribution in [3.05, 3.63) is 59.7 Å². The molecule has 2 aromatic carbocycles. The Balaban J connectivity index is 1.31. The lowest BCUT2D eigenvalue weighted by Crippen LogP contribution is -2.46. The lowest BCUT2D eigenvalue weighted by Gasteiger charge is -2.30. The van der Waals surface area contributed by atoms with Gasteiger partial charge in [-0.2, -0.15) is 0 Å². The van der Waals surface area contributed by atoms with E-state index in [1.165, 1.54) is 11.1 Å². The number of carboxylic acids is 1. The molecule has 3 N–H and O–H groups in total. The number of carbonyl (C=O) groups is 3. The molecule has 2 aliphatic rings. The average molecular weight is 479 g/mol. The van der Waals surface area contributed by atoms with E-state index in [0.717, 1.165) is 30.4 Å². The quantitative estimate of drug-likeness (QED) is 0.510. The minimum Gasteiger partial charge on any atom is -0.481 e. The SMILES string of the molecule is CC(C)[C@H](CC(=O)O)NC(=O)C1CCCC(NC(=O)OCC2c3ccccc3-c3ccccc32)C1. The Kier molecular flexibility index (Phi) is 7.73. The molecule has 0 saturated heterocycles. The van der Waals surface area contributed by atoms with E-state index >= 15 is 0 Å². The van der Waals surface area contributed by atoms with Crippen LogP contribution in [-0.4, -0.2) is 41.8 Å². The van der Waals surface area contributed by atoms with Crippen LogP contribution in [0, 0.1) is 11.8 Å². The molecule has 7 nitrogen and oxygen atoms in total. The zero-order chi connectivity index (χ0) is 24.9. The number of rotatable bonds is 8. The van der Waals surface area contributed by atoms with Crippen molar-refractivity contribution in [1.29, 1.82) is 0 Å². The molecule has 35 heavy (non-hydrogen) atoms. The second-order valence-electron chi connectivity index (χ2n) is 9.99. The Morgan fingerprint density at radius 2 is 1.63 bits per heavy atom. The van der Waals surface area contributed by atoms with Gasteiger partial charge in [-0.25, -0.2) is 4.79 Å². The van der Waals surface area contributed by atoms with Crippen molar-refractivity contribution in [2.45, 2.75) is 64.0 Å². The number of benzene rings is 2. The van der Waals surface area contributed by atoms with Gasteiger partial charge in [-0.1, -0.05) is 68.8 Å². The highest BCUT2D eigenvalue weighted by molar-refractivity contribution is 5.80. The highest BCUT2D eigenvalue weighted by atomic mass is 16.5. The van der Waals surface area contributed by atoms with Crippen molar-refractivity contribution in [3.63, 3.8) is 0 Å². The second kappa shape index (κ2) is 10.9. The van der Waals surface area contributed by atoms with Crippen LogP contribution in [0.4, 0.5) is 4.79 Å². The number of nitrogens with one attached hydrogen (secondary N) is 2. The molecule has 1 fully saturated rings. The van der Waals surface area contributed by atoms with E-state index in [0.29, 0.717) is 6.42 Å². The van der Waals surface area contributed by atoms with Gasteiger partial charge in [-0.05, 0) is 47.4 Å². The molecule has 2 aromatic rings. The zero-order valence-corrected chi connectivity index (χ0v) is 20.3. The predicted molar refractivity (Wildman–Crippen MR) is 133 cm³/mol. The van der Waals surface area contributed by atoms with Gasteiger partial charge in [0, 0.05) is 23.9 Å². The van der Waals surface area contributed by atoms with Gasteiger partial charge in [0.05, 0.1) is 6.42 Å². The standard InChI is InChI=1S/C28H34N2O5/c1-17(2)25(15-26(31)32)30-27(33)18-8-7-9-19(14-18)29-28(34)35-16-24-22-12-5-3-10-20(22)21-11-4-6-13-23(21)24/h3-6,10-13,17-19,24-25H,7-9,14-16H2,1-2H3,(H,29,34)(H,30,33)(H,31,32)/t18?,19?,25-/m0/s1. The topological polar surface area (TPSA) is 105 Å². The minimum atomic E-state index is -0.928. The van der Waals surface area contributed by atoms with E-state index in [1.807, 2.05) is 38.1 Å². The van der Waals surface area contributed by atoms with E-state index < -0.39 is 18.1 Å². The lowest BCUT2D eigenvalue weighted by atomic mass is 9.84. The fraction of sp³-hybridized carbons (Fsp3) is 0.464. The number of alkyl carbamates (subject to hydrolysis) is 1. The van der Waals surface area contributed by atoms with Gasteiger partial charge >= 0.3 is 12.1 Å². The van der Waals surface area contributed by atoms with E-state index in [-0.39, 0.29) is 42.7 Å². The second-order valence-corrected chi connectivity index (χ2v) is 9.99. The average Bonchev–Trinajstić information content (AvgIpc) is 3.16. The molecule has 7 heteroatoms. The van der Waals surface area contributed by atoms with Crippen LogP contribution in [0.15, 0.2) is 48.5 Å². The molecule has 0 radical (unpaired) electrons. The molecule has 0 aliphatic heterocycles. The van der Waals surface area contributed by atoms with Crippen molar-refractivity contribution in [3.8, 4) is 11.1 Å². The molecule has 2 unspecified atom stereocenters. The molecule has 2 aliphatic carbocycles. The number of carbonyl (C=O) groups excluding carboxylic acids is 2. The predicted octanol–water partition coefficient (Wildman–Crippen LogP) is 4.70. The highest BCUT2D eigenvalue weighted by Gasteiger charge is 2.32. The van der Waals surface area contributed by atoms with Gasteiger partial charge in [0.2, 0.25) is 5.91 Å². The van der Waals surface area contributed by atoms with Crippen LogP contribution in [0.2, 0.25) is 0 Å². The summed E-state index contributed by atoms with van der Waals surface area (Å²) >= 11 is 0. The monoisotopic (exact) mass is 478 g/mol. The summed E-state index contributed by atoms with van der Waals surface area (Å²) in [6, 6.07) is 15.9. The third-order valence-electron chi connectivity index (χ3n) is 7.24. The Bertz CT molecular complexity index is 1040. The molecule has 0 aromatic heterocycles. The molecule has 2 amide bonds. The fourth-order valence-electron chi connectivity index (χ4n) is 5.31. The number of carboxylic acid groups (broad SMARTS) is 1. The van der Waals surface area contributed by atoms with Crippen LogP contribution in [0.3, 0.4) is 0 Å². The zero-order valence-electron chi connectivity index (χ0n) is 20.3. The smallest absolute Gasteiger partial charge is 0.407 e. The molecule has 186 valence electrons. The Morgan fingerprint density at radius 3 is 2.23 bits per heavy atom. The molecule has 4 rings (SSSR count). The van der Waals surface area contributed by atoms with Crippen LogP contribution in [-0.2, 0) is 14.3 Å². The summed E-state index contributed by atoms with van der Waals surface area (Å²) < 4.78 is 5.66. The molecular formula is C28H34N2O5. The van der Waals surface area contributed by atoms with Crippen molar-refractivity contribution in [2.75, 3.05) is 6.61 Å². The Labute approximate surface area is 206 Å². The molecular weight excluding hydrogens is 444 g/mol. The number of hydrogen-bond donors (Lipinski definition) is 3. The van der Waals surface area contributed by atoms with Gasteiger partial charge in [0.1, 0.15) is 6.61 Å². The van der Waals surface area contributed by atoms with Gasteiger partial charge < -0.3 is 20.5 Å². The molecule has 3 atom stereocenters. The van der Waals surface area contributed by atoms with Gasteiger partial charge in [-0.15, -0.1) is 0 Å². The van der Waals surface area contributed by atoms with Crippen molar-refractivity contribution < 1.29 is 24.2 Å². The first-order valence-corrected chi connectivity index (χ1v) is 12.5. The first kappa shape index (κ1) is 24.8. The highest BCUT2D eigenvalue weighted by Crippen LogP contribution is 2.44. The number of ether oxygens (including phenoxy) is 1. The molecule has 0 bridgehead atoms. The third kappa shape index (κ3) is 5.84. The maximum Gasteiger partial charge on any atom is 0.407 e. The minimum absolute atomic E-state index is 0.000217. The van der Waals surface area contributed by atoms with Crippen LogP contribution in [0.5, 0.6) is 0 Å². The van der Waals surface area contributed by atoms with Gasteiger partial charge in [0.25, 0.3) is 0 Å². The van der Waals surface area contributed by atoms with Crippen LogP contribution in [0.1, 0.15) is 63.0 Å². The Hall–Kier alpha value is -3.35. The summed E-state index contributed by atoms with van der Waals surface area (Å²) in [5, 5.41) is 15.0. The van der Waals surface area contributed by atoms with Crippen LogP contribution >= 0.6 is 0 Å². The summed E-state index contributed by atoms with van der Waals surface area (Å²) in [6.07, 6.45) is 2.29. The van der Waals surface area contributed by atoms with E-state index in [2.05, 4.69) is 34.9 Å². The fourth-order valence-corrected chi connectivity index (χ4v) is 5.31. The maximum absolute atomic E-state index is 12.8. The Morgan fingerprint density at radius 1 is 1.00 bits per heavy atom.